The normalized spacial score (nSPS) is 10.1. The molecule has 0 aliphatic carbocycles. The molecule has 1 amide bonds. The van der Waals surface area contributed by atoms with Crippen molar-refractivity contribution >= 4 is 28.9 Å². The molecule has 0 unspecified atom stereocenters. The zero-order valence-electron chi connectivity index (χ0n) is 11.0. The molecular formula is C15H15ClN2O2. The van der Waals surface area contributed by atoms with Gasteiger partial charge in [-0.3, -0.25) is 4.79 Å². The lowest BCUT2D eigenvalue weighted by atomic mass is 10.2. The van der Waals surface area contributed by atoms with Crippen molar-refractivity contribution in [3.8, 4) is 5.75 Å². The average molecular weight is 291 g/mol. The van der Waals surface area contributed by atoms with Gasteiger partial charge in [-0.25, -0.2) is 0 Å². The van der Waals surface area contributed by atoms with Crippen LogP contribution >= 0.6 is 11.6 Å². The van der Waals surface area contributed by atoms with Gasteiger partial charge < -0.3 is 15.8 Å². The van der Waals surface area contributed by atoms with E-state index in [0.717, 1.165) is 0 Å². The van der Waals surface area contributed by atoms with Gasteiger partial charge in [-0.2, -0.15) is 0 Å². The zero-order chi connectivity index (χ0) is 14.5. The highest BCUT2D eigenvalue weighted by atomic mass is 35.5. The molecule has 0 saturated carbocycles. The van der Waals surface area contributed by atoms with Gasteiger partial charge in [0.15, 0.2) is 0 Å². The summed E-state index contributed by atoms with van der Waals surface area (Å²) in [5, 5.41) is 3.18. The number of nitrogens with two attached hydrogens (primary N) is 1. The Labute approximate surface area is 122 Å². The lowest BCUT2D eigenvalue weighted by Crippen LogP contribution is -2.12. The predicted octanol–water partition coefficient (Wildman–Crippen LogP) is 3.57. The van der Waals surface area contributed by atoms with Crippen molar-refractivity contribution in [2.24, 2.45) is 0 Å². The molecule has 0 fully saturated rings. The maximum Gasteiger partial charge on any atom is 0.255 e. The Bertz CT molecular complexity index is 612. The third kappa shape index (κ3) is 3.42. The molecule has 0 aliphatic heterocycles. The maximum absolute atomic E-state index is 12.1. The fourth-order valence-corrected chi connectivity index (χ4v) is 1.92. The van der Waals surface area contributed by atoms with Crippen LogP contribution in [0.3, 0.4) is 0 Å². The van der Waals surface area contributed by atoms with Crippen molar-refractivity contribution in [3.63, 3.8) is 0 Å². The van der Waals surface area contributed by atoms with Crippen molar-refractivity contribution < 1.29 is 9.53 Å². The van der Waals surface area contributed by atoms with Crippen LogP contribution in [-0.4, -0.2) is 12.5 Å². The second-order valence-electron chi connectivity index (χ2n) is 4.15. The molecule has 3 N–H and O–H groups in total. The summed E-state index contributed by atoms with van der Waals surface area (Å²) in [6, 6.07) is 11.9. The van der Waals surface area contributed by atoms with E-state index in [1.807, 2.05) is 6.92 Å². The molecule has 0 heterocycles. The van der Waals surface area contributed by atoms with E-state index in [1.54, 1.807) is 42.5 Å². The number of rotatable bonds is 4. The van der Waals surface area contributed by atoms with Gasteiger partial charge in [-0.15, -0.1) is 0 Å². The molecule has 0 bridgehead atoms. The Hall–Kier alpha value is -2.20. The fourth-order valence-electron chi connectivity index (χ4n) is 1.68. The van der Waals surface area contributed by atoms with E-state index in [9.17, 15) is 4.79 Å². The van der Waals surface area contributed by atoms with E-state index in [-0.39, 0.29) is 5.91 Å². The van der Waals surface area contributed by atoms with E-state index in [0.29, 0.717) is 34.3 Å². The number of hydrogen-bond acceptors (Lipinski definition) is 3. The van der Waals surface area contributed by atoms with Gasteiger partial charge in [0.25, 0.3) is 5.91 Å². The zero-order valence-corrected chi connectivity index (χ0v) is 11.8. The number of carbonyl (C=O) groups is 1. The minimum absolute atomic E-state index is 0.236. The molecule has 5 heteroatoms. The molecule has 0 saturated heterocycles. The molecule has 0 radical (unpaired) electrons. The summed E-state index contributed by atoms with van der Waals surface area (Å²) in [4.78, 5) is 12.1. The number of anilines is 2. The largest absolute Gasteiger partial charge is 0.492 e. The minimum Gasteiger partial charge on any atom is -0.492 e. The fraction of sp³-hybridized carbons (Fsp3) is 0.133. The van der Waals surface area contributed by atoms with Crippen LogP contribution in [0.25, 0.3) is 0 Å². The van der Waals surface area contributed by atoms with Crippen LogP contribution in [0.15, 0.2) is 42.5 Å². The second-order valence-corrected chi connectivity index (χ2v) is 4.56. The number of nitrogen functional groups attached to an aromatic ring is 1. The highest BCUT2D eigenvalue weighted by Gasteiger charge is 2.09. The summed E-state index contributed by atoms with van der Waals surface area (Å²) < 4.78 is 5.33. The summed E-state index contributed by atoms with van der Waals surface area (Å²) >= 11 is 6.05. The van der Waals surface area contributed by atoms with Gasteiger partial charge in [0.1, 0.15) is 5.75 Å². The Morgan fingerprint density at radius 1 is 1.25 bits per heavy atom. The van der Waals surface area contributed by atoms with Gasteiger partial charge >= 0.3 is 0 Å². The van der Waals surface area contributed by atoms with Crippen molar-refractivity contribution in [3.05, 3.63) is 53.1 Å². The molecule has 0 aliphatic rings. The van der Waals surface area contributed by atoms with Crippen LogP contribution in [0.2, 0.25) is 5.02 Å². The lowest BCUT2D eigenvalue weighted by molar-refractivity contribution is 0.102. The number of benzene rings is 2. The van der Waals surface area contributed by atoms with Gasteiger partial charge in [0.05, 0.1) is 11.6 Å². The first-order valence-electron chi connectivity index (χ1n) is 6.19. The molecule has 2 aromatic carbocycles. The topological polar surface area (TPSA) is 64.3 Å². The number of halogens is 1. The summed E-state index contributed by atoms with van der Waals surface area (Å²) in [5.41, 5.74) is 7.38. The summed E-state index contributed by atoms with van der Waals surface area (Å²) in [7, 11) is 0. The summed E-state index contributed by atoms with van der Waals surface area (Å²) in [6.07, 6.45) is 0. The first-order valence-corrected chi connectivity index (χ1v) is 6.57. The van der Waals surface area contributed by atoms with Crippen LogP contribution < -0.4 is 15.8 Å². The number of hydrogen-bond donors (Lipinski definition) is 2. The highest BCUT2D eigenvalue weighted by molar-refractivity contribution is 6.32. The molecule has 4 nitrogen and oxygen atoms in total. The SMILES string of the molecule is CCOc1ccc(C(=O)Nc2ccc(N)cc2)cc1Cl. The second kappa shape index (κ2) is 6.30. The van der Waals surface area contributed by atoms with Crippen LogP contribution in [0.4, 0.5) is 11.4 Å². The van der Waals surface area contributed by atoms with Gasteiger partial charge in [-0.05, 0) is 49.4 Å². The standard InChI is InChI=1S/C15H15ClN2O2/c1-2-20-14-8-3-10(9-13(14)16)15(19)18-12-6-4-11(17)5-7-12/h3-9H,2,17H2,1H3,(H,18,19). The Balaban J connectivity index is 2.13. The van der Waals surface area contributed by atoms with Crippen molar-refractivity contribution in [2.45, 2.75) is 6.92 Å². The molecular weight excluding hydrogens is 276 g/mol. The van der Waals surface area contributed by atoms with Gasteiger partial charge in [0, 0.05) is 16.9 Å². The quantitative estimate of drug-likeness (QED) is 0.846. The van der Waals surface area contributed by atoms with Gasteiger partial charge in [0.2, 0.25) is 0 Å². The van der Waals surface area contributed by atoms with Crippen molar-refractivity contribution in [1.29, 1.82) is 0 Å². The van der Waals surface area contributed by atoms with E-state index in [2.05, 4.69) is 5.32 Å². The van der Waals surface area contributed by atoms with Crippen molar-refractivity contribution in [2.75, 3.05) is 17.7 Å². The lowest BCUT2D eigenvalue weighted by Gasteiger charge is -2.09. The Morgan fingerprint density at radius 3 is 2.55 bits per heavy atom. The van der Waals surface area contributed by atoms with Crippen LogP contribution in [0.5, 0.6) is 5.75 Å². The summed E-state index contributed by atoms with van der Waals surface area (Å²) in [5.74, 6) is 0.331. The molecule has 0 atom stereocenters. The van der Waals surface area contributed by atoms with Crippen LogP contribution in [-0.2, 0) is 0 Å². The third-order valence-electron chi connectivity index (χ3n) is 2.66. The monoisotopic (exact) mass is 290 g/mol. The third-order valence-corrected chi connectivity index (χ3v) is 2.96. The van der Waals surface area contributed by atoms with E-state index in [1.165, 1.54) is 0 Å². The van der Waals surface area contributed by atoms with E-state index >= 15 is 0 Å². The van der Waals surface area contributed by atoms with Crippen molar-refractivity contribution in [1.82, 2.24) is 0 Å². The van der Waals surface area contributed by atoms with Crippen LogP contribution in [0.1, 0.15) is 17.3 Å². The molecule has 20 heavy (non-hydrogen) atoms. The number of carbonyl (C=O) groups excluding carboxylic acids is 1. The number of ether oxygens (including phenoxy) is 1. The number of amides is 1. The molecule has 0 aromatic heterocycles. The highest BCUT2D eigenvalue weighted by Crippen LogP contribution is 2.25. The molecule has 2 rings (SSSR count). The number of nitrogens with one attached hydrogen (secondary N) is 1. The average Bonchev–Trinajstić information content (AvgIpc) is 2.44. The minimum atomic E-state index is -0.236. The van der Waals surface area contributed by atoms with Gasteiger partial charge in [-0.1, -0.05) is 11.6 Å². The first kappa shape index (κ1) is 14.2. The van der Waals surface area contributed by atoms with E-state index in [4.69, 9.17) is 22.1 Å². The summed E-state index contributed by atoms with van der Waals surface area (Å²) in [6.45, 7) is 2.40. The Morgan fingerprint density at radius 2 is 1.95 bits per heavy atom. The first-order chi connectivity index (χ1) is 9.60. The smallest absolute Gasteiger partial charge is 0.255 e. The predicted molar refractivity (Wildman–Crippen MR) is 81.4 cm³/mol. The molecule has 104 valence electrons. The van der Waals surface area contributed by atoms with Crippen LogP contribution in [0, 0.1) is 0 Å². The Kier molecular flexibility index (Phi) is 4.48. The molecule has 2 aromatic rings. The maximum atomic E-state index is 12.1. The van der Waals surface area contributed by atoms with E-state index < -0.39 is 0 Å². The molecule has 0 spiro atoms.